The van der Waals surface area contributed by atoms with Gasteiger partial charge >= 0.3 is 6.09 Å². The Morgan fingerprint density at radius 2 is 1.67 bits per heavy atom. The van der Waals surface area contributed by atoms with Gasteiger partial charge in [-0.15, -0.1) is 0 Å². The van der Waals surface area contributed by atoms with Crippen molar-refractivity contribution in [2.75, 3.05) is 10.6 Å². The maximum atomic E-state index is 12.4. The summed E-state index contributed by atoms with van der Waals surface area (Å²) in [5.74, 6) is -0.158. The lowest BCUT2D eigenvalue weighted by Gasteiger charge is -2.19. The Labute approximate surface area is 177 Å². The lowest BCUT2D eigenvalue weighted by molar-refractivity contribution is -0.118. The number of carbonyl (C=O) groups excluding carboxylic acids is 3. The van der Waals surface area contributed by atoms with Gasteiger partial charge in [0.05, 0.1) is 0 Å². The van der Waals surface area contributed by atoms with Crippen LogP contribution in [-0.4, -0.2) is 23.4 Å². The molecule has 0 aromatic heterocycles. The number of aryl methyl sites for hydroxylation is 1. The highest BCUT2D eigenvalue weighted by Crippen LogP contribution is 2.16. The van der Waals surface area contributed by atoms with E-state index in [0.717, 1.165) is 11.1 Å². The molecular formula is C24H28N2O4. The van der Waals surface area contributed by atoms with Crippen LogP contribution in [0.3, 0.4) is 0 Å². The molecular weight excluding hydrogens is 380 g/mol. The SMILES string of the molecule is C=CC(=O)Nc1ccc(CCC(=O)Cc2cccc(NC(=O)OC(C)(C)C)c2)cc1. The van der Waals surface area contributed by atoms with E-state index in [1.807, 2.05) is 18.2 Å². The van der Waals surface area contributed by atoms with E-state index < -0.39 is 11.7 Å². The molecule has 0 aliphatic rings. The Morgan fingerprint density at radius 3 is 2.30 bits per heavy atom. The van der Waals surface area contributed by atoms with E-state index in [-0.39, 0.29) is 18.1 Å². The van der Waals surface area contributed by atoms with Crippen LogP contribution in [0.2, 0.25) is 0 Å². The van der Waals surface area contributed by atoms with E-state index in [2.05, 4.69) is 17.2 Å². The number of hydrogen-bond acceptors (Lipinski definition) is 4. The second-order valence-electron chi connectivity index (χ2n) is 7.93. The van der Waals surface area contributed by atoms with Crippen molar-refractivity contribution in [2.24, 2.45) is 0 Å². The first-order chi connectivity index (χ1) is 14.1. The van der Waals surface area contributed by atoms with Gasteiger partial charge in [-0.1, -0.05) is 30.8 Å². The number of nitrogens with one attached hydrogen (secondary N) is 2. The van der Waals surface area contributed by atoms with Crippen LogP contribution in [0.15, 0.2) is 61.2 Å². The lowest BCUT2D eigenvalue weighted by Crippen LogP contribution is -2.27. The third-order valence-corrected chi connectivity index (χ3v) is 4.07. The normalized spacial score (nSPS) is 10.8. The maximum absolute atomic E-state index is 12.4. The van der Waals surface area contributed by atoms with E-state index >= 15 is 0 Å². The summed E-state index contributed by atoms with van der Waals surface area (Å²) in [7, 11) is 0. The third-order valence-electron chi connectivity index (χ3n) is 4.07. The zero-order valence-corrected chi connectivity index (χ0v) is 17.7. The molecule has 0 aliphatic heterocycles. The number of Topliss-reactive ketones (excluding diaryl/α,β-unsaturated/α-hetero) is 1. The van der Waals surface area contributed by atoms with Crippen molar-refractivity contribution in [1.82, 2.24) is 0 Å². The smallest absolute Gasteiger partial charge is 0.412 e. The first kappa shape index (κ1) is 22.9. The molecule has 0 bridgehead atoms. The van der Waals surface area contributed by atoms with Gasteiger partial charge in [-0.2, -0.15) is 0 Å². The Hall–Kier alpha value is -3.41. The Balaban J connectivity index is 1.85. The molecule has 6 nitrogen and oxygen atoms in total. The summed E-state index contributed by atoms with van der Waals surface area (Å²) in [6.45, 7) is 8.81. The predicted molar refractivity (Wildman–Crippen MR) is 119 cm³/mol. The minimum Gasteiger partial charge on any atom is -0.444 e. The third kappa shape index (κ3) is 8.31. The van der Waals surface area contributed by atoms with Crippen molar-refractivity contribution in [1.29, 1.82) is 0 Å². The van der Waals surface area contributed by atoms with Crippen LogP contribution in [-0.2, 0) is 27.2 Å². The van der Waals surface area contributed by atoms with Crippen LogP contribution in [0.1, 0.15) is 38.3 Å². The van der Waals surface area contributed by atoms with Gasteiger partial charge in [-0.3, -0.25) is 14.9 Å². The highest BCUT2D eigenvalue weighted by molar-refractivity contribution is 5.98. The summed E-state index contributed by atoms with van der Waals surface area (Å²) in [6.07, 6.45) is 1.99. The van der Waals surface area contributed by atoms with Gasteiger partial charge in [0.2, 0.25) is 5.91 Å². The van der Waals surface area contributed by atoms with Gasteiger partial charge in [0, 0.05) is 24.2 Å². The van der Waals surface area contributed by atoms with Crippen LogP contribution in [0.5, 0.6) is 0 Å². The lowest BCUT2D eigenvalue weighted by atomic mass is 10.0. The topological polar surface area (TPSA) is 84.5 Å². The van der Waals surface area contributed by atoms with Crippen molar-refractivity contribution in [3.63, 3.8) is 0 Å². The summed E-state index contributed by atoms with van der Waals surface area (Å²) < 4.78 is 5.24. The second-order valence-corrected chi connectivity index (χ2v) is 7.93. The standard InChI is InChI=1S/C24H28N2O4/c1-5-22(28)25-19-12-9-17(10-13-19)11-14-21(27)16-18-7-6-8-20(15-18)26-23(29)30-24(2,3)4/h5-10,12-13,15H,1,11,14,16H2,2-4H3,(H,25,28)(H,26,29). The number of carbonyl (C=O) groups is 3. The highest BCUT2D eigenvalue weighted by Gasteiger charge is 2.16. The fraction of sp³-hybridized carbons (Fsp3) is 0.292. The van der Waals surface area contributed by atoms with Crippen LogP contribution < -0.4 is 10.6 Å². The molecule has 2 aromatic rings. The summed E-state index contributed by atoms with van der Waals surface area (Å²) >= 11 is 0. The second kappa shape index (κ2) is 10.4. The van der Waals surface area contributed by atoms with Gasteiger partial charge < -0.3 is 10.1 Å². The minimum absolute atomic E-state index is 0.105. The van der Waals surface area contributed by atoms with Crippen molar-refractivity contribution in [3.8, 4) is 0 Å². The van der Waals surface area contributed by atoms with Crippen molar-refractivity contribution < 1.29 is 19.1 Å². The average Bonchev–Trinajstić information content (AvgIpc) is 2.66. The monoisotopic (exact) mass is 408 g/mol. The van der Waals surface area contributed by atoms with E-state index in [0.29, 0.717) is 24.2 Å². The number of ketones is 1. The van der Waals surface area contributed by atoms with E-state index in [1.165, 1.54) is 6.08 Å². The molecule has 2 amide bonds. The van der Waals surface area contributed by atoms with E-state index in [4.69, 9.17) is 4.74 Å². The average molecular weight is 408 g/mol. The number of ether oxygens (including phenoxy) is 1. The number of benzene rings is 2. The van der Waals surface area contributed by atoms with Crippen molar-refractivity contribution >= 4 is 29.2 Å². The van der Waals surface area contributed by atoms with Crippen molar-refractivity contribution in [3.05, 3.63) is 72.3 Å². The largest absolute Gasteiger partial charge is 0.444 e. The van der Waals surface area contributed by atoms with Crippen LogP contribution in [0, 0.1) is 0 Å². The molecule has 6 heteroatoms. The fourth-order valence-electron chi connectivity index (χ4n) is 2.73. The van der Waals surface area contributed by atoms with Crippen LogP contribution >= 0.6 is 0 Å². The Morgan fingerprint density at radius 1 is 0.967 bits per heavy atom. The molecule has 0 unspecified atom stereocenters. The number of amides is 2. The molecule has 0 fully saturated rings. The van der Waals surface area contributed by atoms with Crippen molar-refractivity contribution in [2.45, 2.75) is 45.6 Å². The Bertz CT molecular complexity index is 912. The zero-order chi connectivity index (χ0) is 22.1. The molecule has 30 heavy (non-hydrogen) atoms. The van der Waals surface area contributed by atoms with Gasteiger partial charge in [0.25, 0.3) is 0 Å². The number of anilines is 2. The first-order valence-electron chi connectivity index (χ1n) is 9.77. The molecule has 158 valence electrons. The molecule has 2 N–H and O–H groups in total. The first-order valence-corrected chi connectivity index (χ1v) is 9.77. The Kier molecular flexibility index (Phi) is 7.92. The molecule has 0 saturated carbocycles. The van der Waals surface area contributed by atoms with Gasteiger partial charge in [-0.25, -0.2) is 4.79 Å². The molecule has 0 aliphatic carbocycles. The van der Waals surface area contributed by atoms with Crippen LogP contribution in [0.4, 0.5) is 16.2 Å². The summed E-state index contributed by atoms with van der Waals surface area (Å²) in [5.41, 5.74) is 2.54. The maximum Gasteiger partial charge on any atom is 0.412 e. The predicted octanol–water partition coefficient (Wildman–Crippen LogP) is 4.90. The molecule has 0 spiro atoms. The summed E-state index contributed by atoms with van der Waals surface area (Å²) in [5, 5.41) is 5.37. The minimum atomic E-state index is -0.576. The molecule has 0 atom stereocenters. The quantitative estimate of drug-likeness (QED) is 0.608. The number of rotatable bonds is 8. The summed E-state index contributed by atoms with van der Waals surface area (Å²) in [6, 6.07) is 14.6. The van der Waals surface area contributed by atoms with Gasteiger partial charge in [0.1, 0.15) is 11.4 Å². The molecule has 0 radical (unpaired) electrons. The fourth-order valence-corrected chi connectivity index (χ4v) is 2.73. The van der Waals surface area contributed by atoms with Crippen LogP contribution in [0.25, 0.3) is 0 Å². The zero-order valence-electron chi connectivity index (χ0n) is 17.7. The van der Waals surface area contributed by atoms with Gasteiger partial charge in [-0.05, 0) is 68.7 Å². The van der Waals surface area contributed by atoms with Gasteiger partial charge in [0.15, 0.2) is 0 Å². The van der Waals surface area contributed by atoms with E-state index in [9.17, 15) is 14.4 Å². The highest BCUT2D eigenvalue weighted by atomic mass is 16.6. The molecule has 0 saturated heterocycles. The number of hydrogen-bond donors (Lipinski definition) is 2. The van der Waals surface area contributed by atoms with E-state index in [1.54, 1.807) is 51.1 Å². The molecule has 0 heterocycles. The summed E-state index contributed by atoms with van der Waals surface area (Å²) in [4.78, 5) is 35.6. The molecule has 2 aromatic carbocycles. The molecule has 2 rings (SSSR count).